The van der Waals surface area contributed by atoms with Crippen LogP contribution in [0.2, 0.25) is 0 Å². The first-order valence-electron chi connectivity index (χ1n) is 10.5. The number of aromatic nitrogens is 1. The molecule has 8 heteroatoms. The molecule has 7 nitrogen and oxygen atoms in total. The van der Waals surface area contributed by atoms with Crippen molar-refractivity contribution in [2.45, 2.75) is 31.1 Å². The van der Waals surface area contributed by atoms with E-state index in [0.717, 1.165) is 25.1 Å². The van der Waals surface area contributed by atoms with Crippen LogP contribution in [-0.4, -0.2) is 67.8 Å². The predicted octanol–water partition coefficient (Wildman–Crippen LogP) is 2.53. The first kappa shape index (κ1) is 20.8. The van der Waals surface area contributed by atoms with E-state index in [1.54, 1.807) is 40.5 Å². The van der Waals surface area contributed by atoms with Gasteiger partial charge in [-0.1, -0.05) is 18.6 Å². The van der Waals surface area contributed by atoms with Crippen molar-refractivity contribution in [1.29, 1.82) is 0 Å². The lowest BCUT2D eigenvalue weighted by Crippen LogP contribution is -2.49. The number of carbonyl (C=O) groups excluding carboxylic acids is 1. The molecule has 0 aliphatic carbocycles. The van der Waals surface area contributed by atoms with Crippen molar-refractivity contribution < 1.29 is 13.2 Å². The van der Waals surface area contributed by atoms with Crippen LogP contribution in [0.3, 0.4) is 0 Å². The second-order valence-corrected chi connectivity index (χ2v) is 9.82. The summed E-state index contributed by atoms with van der Waals surface area (Å²) >= 11 is 0. The summed E-state index contributed by atoms with van der Waals surface area (Å²) in [6, 6.07) is 10.8. The highest BCUT2D eigenvalue weighted by Crippen LogP contribution is 2.25. The summed E-state index contributed by atoms with van der Waals surface area (Å²) in [7, 11) is -3.58. The predicted molar refractivity (Wildman–Crippen MR) is 116 cm³/mol. The van der Waals surface area contributed by atoms with Crippen molar-refractivity contribution >= 4 is 21.7 Å². The molecule has 0 radical (unpaired) electrons. The maximum absolute atomic E-state index is 13.1. The normalized spacial score (nSPS) is 18.4. The molecule has 1 aromatic carbocycles. The van der Waals surface area contributed by atoms with Gasteiger partial charge in [0.05, 0.1) is 4.90 Å². The zero-order valence-electron chi connectivity index (χ0n) is 17.3. The molecule has 0 N–H and O–H groups in total. The summed E-state index contributed by atoms with van der Waals surface area (Å²) in [6.45, 7) is 5.46. The summed E-state index contributed by atoms with van der Waals surface area (Å²) in [5, 5.41) is 0. The molecule has 0 atom stereocenters. The van der Waals surface area contributed by atoms with Crippen LogP contribution < -0.4 is 4.90 Å². The van der Waals surface area contributed by atoms with Gasteiger partial charge in [-0.05, 0) is 49.6 Å². The van der Waals surface area contributed by atoms with Crippen LogP contribution in [0.1, 0.15) is 35.2 Å². The SMILES string of the molecule is Cc1ccc(C(=O)N2CCN(c3ccccn3)CC2)cc1S(=O)(=O)N1CCCCC1. The smallest absolute Gasteiger partial charge is 0.254 e. The van der Waals surface area contributed by atoms with Crippen molar-refractivity contribution in [2.75, 3.05) is 44.2 Å². The van der Waals surface area contributed by atoms with Gasteiger partial charge in [-0.15, -0.1) is 0 Å². The third-order valence-electron chi connectivity index (χ3n) is 5.91. The molecule has 0 unspecified atom stereocenters. The minimum absolute atomic E-state index is 0.120. The van der Waals surface area contributed by atoms with Gasteiger partial charge < -0.3 is 9.80 Å². The van der Waals surface area contributed by atoms with Gasteiger partial charge in [0, 0.05) is 51.0 Å². The van der Waals surface area contributed by atoms with E-state index in [4.69, 9.17) is 0 Å². The fourth-order valence-corrected chi connectivity index (χ4v) is 5.89. The number of piperazine rings is 1. The van der Waals surface area contributed by atoms with Gasteiger partial charge in [0.25, 0.3) is 5.91 Å². The van der Waals surface area contributed by atoms with Crippen molar-refractivity contribution in [1.82, 2.24) is 14.2 Å². The maximum atomic E-state index is 13.1. The molecule has 2 aliphatic rings. The highest BCUT2D eigenvalue weighted by Gasteiger charge is 2.29. The molecule has 2 saturated heterocycles. The Bertz CT molecular complexity index is 996. The average molecular weight is 429 g/mol. The van der Waals surface area contributed by atoms with Gasteiger partial charge in [0.15, 0.2) is 0 Å². The lowest BCUT2D eigenvalue weighted by atomic mass is 10.1. The summed E-state index contributed by atoms with van der Waals surface area (Å²) in [5.41, 5.74) is 1.11. The number of amides is 1. The number of piperidine rings is 1. The van der Waals surface area contributed by atoms with Crippen molar-refractivity contribution in [3.8, 4) is 0 Å². The molecule has 2 fully saturated rings. The molecule has 0 spiro atoms. The van der Waals surface area contributed by atoms with E-state index in [1.807, 2.05) is 18.2 Å². The Kier molecular flexibility index (Phi) is 6.06. The molecule has 4 rings (SSSR count). The van der Waals surface area contributed by atoms with Crippen LogP contribution in [0.25, 0.3) is 0 Å². The minimum atomic E-state index is -3.58. The number of anilines is 1. The number of pyridine rings is 1. The van der Waals surface area contributed by atoms with E-state index >= 15 is 0 Å². The Hall–Kier alpha value is -2.45. The van der Waals surface area contributed by atoms with E-state index in [-0.39, 0.29) is 10.8 Å². The standard InChI is InChI=1S/C22H28N4O3S/c1-18-8-9-19(17-20(18)30(28,29)26-11-5-2-6-12-26)22(27)25-15-13-24(14-16-25)21-7-3-4-10-23-21/h3-4,7-10,17H,2,5-6,11-16H2,1H3. The van der Waals surface area contributed by atoms with Crippen LogP contribution in [0.15, 0.2) is 47.5 Å². The Morgan fingerprint density at radius 2 is 1.67 bits per heavy atom. The lowest BCUT2D eigenvalue weighted by molar-refractivity contribution is 0.0746. The topological polar surface area (TPSA) is 73.8 Å². The van der Waals surface area contributed by atoms with Crippen LogP contribution >= 0.6 is 0 Å². The Morgan fingerprint density at radius 3 is 2.33 bits per heavy atom. The number of benzene rings is 1. The van der Waals surface area contributed by atoms with Crippen molar-refractivity contribution in [2.24, 2.45) is 0 Å². The second-order valence-electron chi connectivity index (χ2n) is 7.91. The number of aryl methyl sites for hydroxylation is 1. The third-order valence-corrected chi connectivity index (χ3v) is 7.95. The van der Waals surface area contributed by atoms with E-state index < -0.39 is 10.0 Å². The minimum Gasteiger partial charge on any atom is -0.353 e. The molecule has 2 aliphatic heterocycles. The monoisotopic (exact) mass is 428 g/mol. The van der Waals surface area contributed by atoms with E-state index in [2.05, 4.69) is 9.88 Å². The van der Waals surface area contributed by atoms with Crippen molar-refractivity contribution in [3.05, 3.63) is 53.7 Å². The molecule has 30 heavy (non-hydrogen) atoms. The average Bonchev–Trinajstić information content (AvgIpc) is 2.80. The third kappa shape index (κ3) is 4.20. The molecule has 1 amide bonds. The zero-order valence-corrected chi connectivity index (χ0v) is 18.1. The molecular weight excluding hydrogens is 400 g/mol. The Labute approximate surface area is 178 Å². The van der Waals surface area contributed by atoms with Crippen LogP contribution in [0, 0.1) is 6.92 Å². The number of hydrogen-bond acceptors (Lipinski definition) is 5. The number of hydrogen-bond donors (Lipinski definition) is 0. The van der Waals surface area contributed by atoms with Crippen LogP contribution in [0.4, 0.5) is 5.82 Å². The summed E-state index contributed by atoms with van der Waals surface area (Å²) in [5.74, 6) is 0.792. The number of nitrogens with zero attached hydrogens (tertiary/aromatic N) is 4. The number of rotatable bonds is 4. The quantitative estimate of drug-likeness (QED) is 0.748. The highest BCUT2D eigenvalue weighted by molar-refractivity contribution is 7.89. The van der Waals surface area contributed by atoms with Crippen molar-refractivity contribution in [3.63, 3.8) is 0 Å². The maximum Gasteiger partial charge on any atom is 0.254 e. The summed E-state index contributed by atoms with van der Waals surface area (Å²) in [4.78, 5) is 21.7. The van der Waals surface area contributed by atoms with Crippen LogP contribution in [-0.2, 0) is 10.0 Å². The van der Waals surface area contributed by atoms with Gasteiger partial charge in [0.2, 0.25) is 10.0 Å². The first-order valence-corrected chi connectivity index (χ1v) is 12.0. The molecule has 0 saturated carbocycles. The molecule has 3 heterocycles. The van der Waals surface area contributed by atoms with Gasteiger partial charge >= 0.3 is 0 Å². The molecular formula is C22H28N4O3S. The van der Waals surface area contributed by atoms with E-state index in [0.29, 0.717) is 50.4 Å². The highest BCUT2D eigenvalue weighted by atomic mass is 32.2. The number of carbonyl (C=O) groups is 1. The Morgan fingerprint density at radius 1 is 0.933 bits per heavy atom. The van der Waals surface area contributed by atoms with Crippen LogP contribution in [0.5, 0.6) is 0 Å². The van der Waals surface area contributed by atoms with Gasteiger partial charge in [-0.3, -0.25) is 4.79 Å². The number of sulfonamides is 1. The van der Waals surface area contributed by atoms with Gasteiger partial charge in [-0.25, -0.2) is 13.4 Å². The van der Waals surface area contributed by atoms with Gasteiger partial charge in [-0.2, -0.15) is 4.31 Å². The Balaban J connectivity index is 1.49. The second kappa shape index (κ2) is 8.73. The fourth-order valence-electron chi connectivity index (χ4n) is 4.12. The molecule has 0 bridgehead atoms. The largest absolute Gasteiger partial charge is 0.353 e. The molecule has 160 valence electrons. The van der Waals surface area contributed by atoms with Gasteiger partial charge in [0.1, 0.15) is 5.82 Å². The summed E-state index contributed by atoms with van der Waals surface area (Å²) in [6.07, 6.45) is 4.60. The van der Waals surface area contributed by atoms with E-state index in [9.17, 15) is 13.2 Å². The molecule has 2 aromatic rings. The fraction of sp³-hybridized carbons (Fsp3) is 0.455. The summed E-state index contributed by atoms with van der Waals surface area (Å²) < 4.78 is 27.8. The van der Waals surface area contributed by atoms with E-state index in [1.165, 1.54) is 0 Å². The zero-order chi connectivity index (χ0) is 21.1. The molecule has 1 aromatic heterocycles. The lowest BCUT2D eigenvalue weighted by Gasteiger charge is -2.35. The first-order chi connectivity index (χ1) is 14.5.